The van der Waals surface area contributed by atoms with Crippen LogP contribution in [0.4, 0.5) is 9.52 Å². The first-order valence-corrected chi connectivity index (χ1v) is 13.8. The van der Waals surface area contributed by atoms with Gasteiger partial charge in [-0.05, 0) is 66.6 Å². The summed E-state index contributed by atoms with van der Waals surface area (Å²) in [6.45, 7) is 3.23. The Morgan fingerprint density at radius 2 is 1.78 bits per heavy atom. The van der Waals surface area contributed by atoms with Crippen LogP contribution >= 0.6 is 11.3 Å². The maximum Gasteiger partial charge on any atom is 0.280 e. The molecule has 1 aliphatic rings. The summed E-state index contributed by atoms with van der Waals surface area (Å²) in [6.07, 6.45) is 1.45. The molecule has 37 heavy (non-hydrogen) atoms. The van der Waals surface area contributed by atoms with Crippen molar-refractivity contribution in [2.75, 3.05) is 31.3 Å². The van der Waals surface area contributed by atoms with E-state index in [1.807, 2.05) is 25.1 Å². The maximum absolute atomic E-state index is 13.6. The number of nitrogens with zero attached hydrogens (tertiary/aromatic N) is 4. The second kappa shape index (κ2) is 10.5. The topological polar surface area (TPSA) is 92.2 Å². The molecule has 2 heterocycles. The average molecular weight is 539 g/mol. The third-order valence-corrected chi connectivity index (χ3v) is 8.71. The number of carbonyl (C=O) groups excluding carboxylic acids is 1. The number of anilines is 1. The van der Waals surface area contributed by atoms with E-state index in [0.29, 0.717) is 23.9 Å². The molecule has 0 atom stereocenters. The molecule has 0 aliphatic carbocycles. The van der Waals surface area contributed by atoms with E-state index in [9.17, 15) is 17.6 Å². The number of benzene rings is 3. The van der Waals surface area contributed by atoms with Gasteiger partial charge in [0.05, 0.1) is 34.5 Å². The van der Waals surface area contributed by atoms with E-state index in [0.717, 1.165) is 15.8 Å². The van der Waals surface area contributed by atoms with Crippen LogP contribution in [0.1, 0.15) is 21.5 Å². The van der Waals surface area contributed by atoms with E-state index >= 15 is 0 Å². The molecule has 0 radical (unpaired) electrons. The quantitative estimate of drug-likeness (QED) is 0.267. The third-order valence-electron chi connectivity index (χ3n) is 5.81. The Morgan fingerprint density at radius 3 is 2.49 bits per heavy atom. The second-order valence-electron chi connectivity index (χ2n) is 8.42. The largest absolute Gasteiger partial charge is 0.379 e. The normalized spacial score (nSPS) is 14.9. The number of morpholine rings is 1. The van der Waals surface area contributed by atoms with E-state index in [4.69, 9.17) is 4.74 Å². The first kappa shape index (κ1) is 25.2. The van der Waals surface area contributed by atoms with E-state index in [-0.39, 0.29) is 29.4 Å². The minimum absolute atomic E-state index is 0.0998. The summed E-state index contributed by atoms with van der Waals surface area (Å²) in [6, 6.07) is 17.3. The number of hydrogen-bond acceptors (Lipinski definition) is 7. The Kier molecular flexibility index (Phi) is 7.11. The van der Waals surface area contributed by atoms with E-state index in [2.05, 4.69) is 10.1 Å². The molecule has 3 aromatic carbocycles. The number of fused-ring (bicyclic) bond motifs is 1. The molecule has 5 rings (SSSR count). The molecule has 1 aromatic heterocycles. The van der Waals surface area contributed by atoms with Gasteiger partial charge in [-0.3, -0.25) is 4.79 Å². The van der Waals surface area contributed by atoms with Gasteiger partial charge in [0.1, 0.15) is 5.82 Å². The van der Waals surface area contributed by atoms with Crippen LogP contribution in [0.25, 0.3) is 10.2 Å². The number of rotatable bonds is 6. The van der Waals surface area contributed by atoms with Crippen LogP contribution in [0.2, 0.25) is 0 Å². The summed E-state index contributed by atoms with van der Waals surface area (Å²) in [5.74, 6) is -0.858. The molecule has 8 nitrogen and oxygen atoms in total. The van der Waals surface area contributed by atoms with Crippen LogP contribution in [0.15, 0.2) is 76.7 Å². The van der Waals surface area contributed by atoms with Crippen molar-refractivity contribution in [3.63, 3.8) is 0 Å². The van der Waals surface area contributed by atoms with Crippen molar-refractivity contribution in [1.82, 2.24) is 9.29 Å². The van der Waals surface area contributed by atoms with Crippen molar-refractivity contribution in [1.29, 1.82) is 0 Å². The molecule has 1 amide bonds. The number of halogens is 1. The zero-order valence-corrected chi connectivity index (χ0v) is 21.5. The lowest BCUT2D eigenvalue weighted by molar-refractivity contribution is 0.0730. The minimum Gasteiger partial charge on any atom is -0.379 e. The Hall–Kier alpha value is -3.51. The maximum atomic E-state index is 13.6. The summed E-state index contributed by atoms with van der Waals surface area (Å²) < 4.78 is 46.7. The minimum atomic E-state index is -3.69. The van der Waals surface area contributed by atoms with Gasteiger partial charge >= 0.3 is 0 Å². The Morgan fingerprint density at radius 1 is 1.08 bits per heavy atom. The highest BCUT2D eigenvalue weighted by molar-refractivity contribution is 7.89. The highest BCUT2D eigenvalue weighted by Crippen LogP contribution is 2.31. The van der Waals surface area contributed by atoms with E-state index < -0.39 is 15.9 Å². The van der Waals surface area contributed by atoms with Gasteiger partial charge in [0, 0.05) is 18.7 Å². The number of ether oxygens (including phenoxy) is 1. The van der Waals surface area contributed by atoms with Crippen LogP contribution in [0.5, 0.6) is 0 Å². The summed E-state index contributed by atoms with van der Waals surface area (Å²) in [5, 5.41) is 5.91. The van der Waals surface area contributed by atoms with Gasteiger partial charge in [-0.25, -0.2) is 17.8 Å². The van der Waals surface area contributed by atoms with Crippen molar-refractivity contribution in [3.8, 4) is 0 Å². The molecular formula is C26H23FN4O4S2. The van der Waals surface area contributed by atoms with Gasteiger partial charge in [-0.1, -0.05) is 29.5 Å². The van der Waals surface area contributed by atoms with Crippen molar-refractivity contribution in [3.05, 3.63) is 89.2 Å². The van der Waals surface area contributed by atoms with Crippen molar-refractivity contribution in [2.24, 2.45) is 5.10 Å². The fourth-order valence-electron chi connectivity index (χ4n) is 3.80. The monoisotopic (exact) mass is 538 g/mol. The molecule has 0 spiro atoms. The fraction of sp³-hybridized carbons (Fsp3) is 0.192. The summed E-state index contributed by atoms with van der Waals surface area (Å²) in [5.41, 5.74) is 2.63. The first-order valence-electron chi connectivity index (χ1n) is 11.5. The highest BCUT2D eigenvalue weighted by Gasteiger charge is 2.27. The molecular weight excluding hydrogens is 515 g/mol. The SMILES string of the molecule is Cc1ccc2nc(N(/N=C/c3ccc(F)cc3)C(=O)c3ccc(S(=O)(=O)N4CCOCC4)cc3)sc2c1. The Labute approximate surface area is 217 Å². The van der Waals surface area contributed by atoms with Gasteiger partial charge in [0.15, 0.2) is 0 Å². The lowest BCUT2D eigenvalue weighted by Gasteiger charge is -2.26. The Balaban J connectivity index is 1.47. The molecule has 0 N–H and O–H groups in total. The molecule has 1 fully saturated rings. The number of aromatic nitrogens is 1. The first-order chi connectivity index (χ1) is 17.8. The fourth-order valence-corrected chi connectivity index (χ4v) is 6.23. The second-order valence-corrected chi connectivity index (χ2v) is 11.4. The molecule has 0 bridgehead atoms. The van der Waals surface area contributed by atoms with Crippen molar-refractivity contribution < 1.29 is 22.3 Å². The highest BCUT2D eigenvalue weighted by atomic mass is 32.2. The zero-order valence-electron chi connectivity index (χ0n) is 19.9. The number of amides is 1. The molecule has 1 saturated heterocycles. The van der Waals surface area contributed by atoms with Gasteiger partial charge in [0.2, 0.25) is 15.2 Å². The molecule has 0 unspecified atom stereocenters. The summed E-state index contributed by atoms with van der Waals surface area (Å²) in [7, 11) is -3.69. The van der Waals surface area contributed by atoms with Gasteiger partial charge in [-0.2, -0.15) is 14.4 Å². The molecule has 190 valence electrons. The lowest BCUT2D eigenvalue weighted by atomic mass is 10.2. The van der Waals surface area contributed by atoms with Crippen LogP contribution < -0.4 is 5.01 Å². The van der Waals surface area contributed by atoms with Crippen LogP contribution in [0, 0.1) is 12.7 Å². The number of carbonyl (C=O) groups is 1. The van der Waals surface area contributed by atoms with Gasteiger partial charge < -0.3 is 4.74 Å². The van der Waals surface area contributed by atoms with Crippen LogP contribution in [-0.2, 0) is 14.8 Å². The van der Waals surface area contributed by atoms with Crippen molar-refractivity contribution in [2.45, 2.75) is 11.8 Å². The smallest absolute Gasteiger partial charge is 0.280 e. The molecule has 0 saturated carbocycles. The zero-order chi connectivity index (χ0) is 26.0. The Bertz CT molecular complexity index is 1560. The molecule has 4 aromatic rings. The predicted molar refractivity (Wildman–Crippen MR) is 141 cm³/mol. The van der Waals surface area contributed by atoms with Crippen molar-refractivity contribution >= 4 is 48.8 Å². The van der Waals surface area contributed by atoms with Gasteiger partial charge in [-0.15, -0.1) is 0 Å². The van der Waals surface area contributed by atoms with E-state index in [1.54, 1.807) is 12.1 Å². The van der Waals surface area contributed by atoms with Gasteiger partial charge in [0.25, 0.3) is 5.91 Å². The average Bonchev–Trinajstić information content (AvgIpc) is 3.33. The standard InChI is InChI=1S/C26H23FN4O4S2/c1-18-2-11-23-24(16-18)36-26(29-23)31(28-17-19-3-7-21(27)8-4-19)25(32)20-5-9-22(10-6-20)37(33,34)30-12-14-35-15-13-30/h2-11,16-17H,12-15H2,1H3/b28-17+. The number of hydrogen-bond donors (Lipinski definition) is 0. The summed E-state index contributed by atoms with van der Waals surface area (Å²) >= 11 is 1.31. The third kappa shape index (κ3) is 5.44. The molecule has 11 heteroatoms. The number of aryl methyl sites for hydroxylation is 1. The lowest BCUT2D eigenvalue weighted by Crippen LogP contribution is -2.40. The van der Waals surface area contributed by atoms with Crippen LogP contribution in [0.3, 0.4) is 0 Å². The predicted octanol–water partition coefficient (Wildman–Crippen LogP) is 4.45. The molecule has 1 aliphatic heterocycles. The van der Waals surface area contributed by atoms with E-state index in [1.165, 1.54) is 63.3 Å². The number of sulfonamides is 1. The number of hydrazone groups is 1. The van der Waals surface area contributed by atoms with Crippen LogP contribution in [-0.4, -0.2) is 56.1 Å². The summed E-state index contributed by atoms with van der Waals surface area (Å²) in [4.78, 5) is 18.2. The number of thiazole rings is 1.